The lowest BCUT2D eigenvalue weighted by Crippen LogP contribution is -2.45. The molecule has 5 rings (SSSR count). The van der Waals surface area contributed by atoms with Crippen molar-refractivity contribution < 1.29 is 24.2 Å². The molecule has 5 nitrogen and oxygen atoms in total. The van der Waals surface area contributed by atoms with Gasteiger partial charge < -0.3 is 14.6 Å². The summed E-state index contributed by atoms with van der Waals surface area (Å²) in [6, 6.07) is 38.8. The Morgan fingerprint density at radius 1 is 0.718 bits per heavy atom. The summed E-state index contributed by atoms with van der Waals surface area (Å²) in [5, 5.41) is 16.5. The number of ketones is 1. The van der Waals surface area contributed by atoms with Gasteiger partial charge in [-0.05, 0) is 50.2 Å². The molecule has 1 aliphatic heterocycles. The Morgan fingerprint density at radius 3 is 1.54 bits per heavy atom. The Labute approximate surface area is 229 Å². The Balaban J connectivity index is 1.79. The highest BCUT2D eigenvalue weighted by atomic mass is 31.2. The third-order valence-electron chi connectivity index (χ3n) is 6.89. The van der Waals surface area contributed by atoms with Crippen molar-refractivity contribution in [1.82, 2.24) is 0 Å². The number of hydrogen-bond donors (Lipinski definition) is 0. The second kappa shape index (κ2) is 10.9. The Kier molecular flexibility index (Phi) is 7.36. The second-order valence-electron chi connectivity index (χ2n) is 9.87. The summed E-state index contributed by atoms with van der Waals surface area (Å²) in [6.07, 6.45) is 0.207. The highest BCUT2D eigenvalue weighted by Gasteiger charge is 2.51. The minimum Gasteiger partial charge on any atom is -0.575 e. The van der Waals surface area contributed by atoms with Crippen molar-refractivity contribution in [1.29, 1.82) is 0 Å². The van der Waals surface area contributed by atoms with E-state index < -0.39 is 30.9 Å². The zero-order valence-electron chi connectivity index (χ0n) is 21.8. The van der Waals surface area contributed by atoms with Gasteiger partial charge in [0.25, 0.3) is 0 Å². The van der Waals surface area contributed by atoms with Gasteiger partial charge in [-0.2, -0.15) is 0 Å². The predicted molar refractivity (Wildman–Crippen MR) is 153 cm³/mol. The molecule has 0 fully saturated rings. The lowest BCUT2D eigenvalue weighted by Gasteiger charge is -2.41. The van der Waals surface area contributed by atoms with Gasteiger partial charge in [0.05, 0.1) is 23.6 Å². The van der Waals surface area contributed by atoms with E-state index in [-0.39, 0.29) is 17.5 Å². The lowest BCUT2D eigenvalue weighted by atomic mass is 9.91. The van der Waals surface area contributed by atoms with Crippen LogP contribution in [0.2, 0.25) is 0 Å². The minimum atomic E-state index is -2.59. The molecule has 39 heavy (non-hydrogen) atoms. The molecule has 0 N–H and O–H groups in total. The monoisotopic (exact) mass is 536 g/mol. The maximum absolute atomic E-state index is 14.2. The molecule has 1 unspecified atom stereocenters. The smallest absolute Gasteiger partial charge is 0.338 e. The number of Topliss-reactive ketones (excluding diaryl/α,β-unsaturated/α-hetero) is 1. The van der Waals surface area contributed by atoms with E-state index >= 15 is 0 Å². The summed E-state index contributed by atoms with van der Waals surface area (Å²) in [5.74, 6) is -4.48. The van der Waals surface area contributed by atoms with Crippen LogP contribution >= 0.6 is 7.26 Å². The molecule has 4 aromatic rings. The van der Waals surface area contributed by atoms with Crippen LogP contribution in [0.25, 0.3) is 0 Å². The highest BCUT2D eigenvalue weighted by molar-refractivity contribution is 7.95. The molecule has 0 saturated heterocycles. The largest absolute Gasteiger partial charge is 0.575 e. The first-order valence-electron chi connectivity index (χ1n) is 12.8. The van der Waals surface area contributed by atoms with Crippen LogP contribution in [-0.2, 0) is 14.3 Å². The van der Waals surface area contributed by atoms with Gasteiger partial charge in [0.1, 0.15) is 23.2 Å². The maximum Gasteiger partial charge on any atom is 0.338 e. The van der Waals surface area contributed by atoms with Gasteiger partial charge in [0.2, 0.25) is 0 Å². The molecule has 0 aliphatic carbocycles. The van der Waals surface area contributed by atoms with E-state index in [1.54, 1.807) is 24.3 Å². The van der Waals surface area contributed by atoms with Gasteiger partial charge in [0, 0.05) is 5.56 Å². The lowest BCUT2D eigenvalue weighted by molar-refractivity contribution is -0.394. The minimum absolute atomic E-state index is 0.207. The van der Waals surface area contributed by atoms with Crippen LogP contribution in [0.1, 0.15) is 24.2 Å². The first-order valence-corrected chi connectivity index (χ1v) is 14.8. The van der Waals surface area contributed by atoms with Crippen LogP contribution in [0.3, 0.4) is 0 Å². The molecule has 0 bridgehead atoms. The summed E-state index contributed by atoms with van der Waals surface area (Å²) in [7, 11) is -2.59. The molecule has 1 atom stereocenters. The molecule has 196 valence electrons. The molecule has 4 aromatic carbocycles. The molecule has 0 amide bonds. The number of rotatable bonds is 8. The van der Waals surface area contributed by atoms with E-state index in [9.17, 15) is 14.7 Å². The fraction of sp³-hybridized carbons (Fsp3) is 0.152. The zero-order valence-corrected chi connectivity index (χ0v) is 22.7. The molecule has 0 spiro atoms. The molecule has 6 heteroatoms. The number of hydrogen-bond acceptors (Lipinski definition) is 5. The van der Waals surface area contributed by atoms with Crippen LogP contribution < -0.4 is 21.0 Å². The second-order valence-corrected chi connectivity index (χ2v) is 13.4. The van der Waals surface area contributed by atoms with Crippen molar-refractivity contribution in [2.75, 3.05) is 6.16 Å². The average molecular weight is 537 g/mol. The van der Waals surface area contributed by atoms with Gasteiger partial charge in [-0.1, -0.05) is 84.9 Å². The van der Waals surface area contributed by atoms with Crippen LogP contribution in [0.5, 0.6) is 0 Å². The first kappa shape index (κ1) is 26.4. The van der Waals surface area contributed by atoms with E-state index in [4.69, 9.17) is 9.47 Å². The molecular formula is C33H29O5P. The summed E-state index contributed by atoms with van der Waals surface area (Å²) in [6.45, 7) is 3.01. The topological polar surface area (TPSA) is 75.7 Å². The highest BCUT2D eigenvalue weighted by Crippen LogP contribution is 2.58. The normalized spacial score (nSPS) is 15.7. The molecule has 1 aliphatic rings. The number of carbonyl (C=O) groups is 2. The Hall–Kier alpha value is -4.21. The van der Waals surface area contributed by atoms with Crippen molar-refractivity contribution in [2.45, 2.75) is 19.6 Å². The summed E-state index contributed by atoms with van der Waals surface area (Å²) in [5.41, 5.74) is 0.142. The zero-order chi connectivity index (χ0) is 27.5. The van der Waals surface area contributed by atoms with Crippen molar-refractivity contribution >= 4 is 34.9 Å². The molecular weight excluding hydrogens is 507 g/mol. The molecule has 0 aromatic heterocycles. The van der Waals surface area contributed by atoms with Crippen molar-refractivity contribution in [3.05, 3.63) is 138 Å². The van der Waals surface area contributed by atoms with Crippen molar-refractivity contribution in [2.24, 2.45) is 5.92 Å². The molecule has 0 saturated carbocycles. The third kappa shape index (κ3) is 5.23. The number of cyclic esters (lactones) is 1. The fourth-order valence-corrected chi connectivity index (χ4v) is 9.61. The van der Waals surface area contributed by atoms with Gasteiger partial charge in [0.15, 0.2) is 11.6 Å². The molecule has 0 radical (unpaired) electrons. The van der Waals surface area contributed by atoms with Crippen molar-refractivity contribution in [3.63, 3.8) is 0 Å². The van der Waals surface area contributed by atoms with Gasteiger partial charge >= 0.3 is 5.97 Å². The first-order chi connectivity index (χ1) is 18.8. The average Bonchev–Trinajstić information content (AvgIpc) is 2.95. The standard InChI is InChI=1S/C33H29O5P/c1-33(2)37-31(35)29(32(36)38-33)28(30(34)24-15-7-3-8-16-24)23-39(25-17-9-4-10-18-25,26-19-11-5-12-20-26)27-21-13-6-14-22-27/h3-22,28H,23H2,1-2H3. The Morgan fingerprint density at radius 2 is 1.13 bits per heavy atom. The van der Waals surface area contributed by atoms with E-state index in [1.165, 1.54) is 13.8 Å². The Bertz CT molecular complexity index is 1390. The number of ether oxygens (including phenoxy) is 2. The van der Waals surface area contributed by atoms with E-state index in [0.717, 1.165) is 15.9 Å². The predicted octanol–water partition coefficient (Wildman–Crippen LogP) is 4.36. The number of esters is 1. The summed E-state index contributed by atoms with van der Waals surface area (Å²) in [4.78, 5) is 27.6. The van der Waals surface area contributed by atoms with E-state index in [1.807, 2.05) is 60.7 Å². The maximum atomic E-state index is 14.2. The van der Waals surface area contributed by atoms with Crippen LogP contribution in [-0.4, -0.2) is 23.7 Å². The third-order valence-corrected chi connectivity index (χ3v) is 11.3. The van der Waals surface area contributed by atoms with Crippen LogP contribution in [0.15, 0.2) is 133 Å². The fourth-order valence-electron chi connectivity index (χ4n) is 5.14. The van der Waals surface area contributed by atoms with Gasteiger partial charge in [-0.25, -0.2) is 4.79 Å². The number of benzene rings is 4. The van der Waals surface area contributed by atoms with Crippen molar-refractivity contribution in [3.8, 4) is 0 Å². The van der Waals surface area contributed by atoms with Crippen LogP contribution in [0, 0.1) is 5.92 Å². The van der Waals surface area contributed by atoms with Gasteiger partial charge in [-0.15, -0.1) is 0 Å². The SMILES string of the molecule is CC1(C)OC(=O)C(C(C[P+](c2ccccc2)(c2ccccc2)c2ccccc2)C(=O)c2ccccc2)=C([O-])O1. The van der Waals surface area contributed by atoms with Gasteiger partial charge in [-0.3, -0.25) is 4.79 Å². The van der Waals surface area contributed by atoms with E-state index in [0.29, 0.717) is 5.56 Å². The number of carbonyl (C=O) groups excluding carboxylic acids is 2. The molecule has 1 heterocycles. The summed E-state index contributed by atoms with van der Waals surface area (Å²) < 4.78 is 11.0. The quantitative estimate of drug-likeness (QED) is 0.190. The van der Waals surface area contributed by atoms with Crippen LogP contribution in [0.4, 0.5) is 0 Å². The van der Waals surface area contributed by atoms with E-state index in [2.05, 4.69) is 36.4 Å². The summed E-state index contributed by atoms with van der Waals surface area (Å²) >= 11 is 0.